The van der Waals surface area contributed by atoms with Crippen LogP contribution in [0.1, 0.15) is 26.7 Å². The fourth-order valence-corrected chi connectivity index (χ4v) is 1.82. The quantitative estimate of drug-likeness (QED) is 0.561. The summed E-state index contributed by atoms with van der Waals surface area (Å²) in [6, 6.07) is 0. The van der Waals surface area contributed by atoms with E-state index in [0.29, 0.717) is 5.92 Å². The van der Waals surface area contributed by atoms with E-state index in [1.165, 1.54) is 0 Å². The Kier molecular flexibility index (Phi) is 0.911. The van der Waals surface area contributed by atoms with E-state index in [1.807, 2.05) is 0 Å². The fourth-order valence-electron chi connectivity index (χ4n) is 1.82. The number of rotatable bonds is 2. The maximum atomic E-state index is 13.2. The first-order chi connectivity index (χ1) is 4.51. The highest BCUT2D eigenvalue weighted by atomic mass is 19.3. The van der Waals surface area contributed by atoms with Crippen LogP contribution in [-0.4, -0.2) is 5.92 Å². The van der Waals surface area contributed by atoms with Gasteiger partial charge in [-0.2, -0.15) is 0 Å². The SMILES string of the molecule is CC(C)C(F)(F)C12CC1C2. The minimum Gasteiger partial charge on any atom is -0.206 e. The summed E-state index contributed by atoms with van der Waals surface area (Å²) in [6.07, 6.45) is 1.58. The molecule has 0 N–H and O–H groups in total. The van der Waals surface area contributed by atoms with Crippen LogP contribution in [0.2, 0.25) is 0 Å². The molecule has 2 aliphatic carbocycles. The highest BCUT2D eigenvalue weighted by Crippen LogP contribution is 2.82. The molecule has 0 aromatic heterocycles. The van der Waals surface area contributed by atoms with E-state index in [-0.39, 0.29) is 0 Å². The van der Waals surface area contributed by atoms with E-state index in [1.54, 1.807) is 13.8 Å². The Balaban J connectivity index is 2.14. The molecule has 0 heterocycles. The molecule has 0 nitrogen and oxygen atoms in total. The predicted octanol–water partition coefficient (Wildman–Crippen LogP) is 2.69. The number of alkyl halides is 2. The van der Waals surface area contributed by atoms with Crippen molar-refractivity contribution in [3.63, 3.8) is 0 Å². The molecule has 0 aromatic carbocycles. The van der Waals surface area contributed by atoms with Gasteiger partial charge in [0.1, 0.15) is 0 Å². The van der Waals surface area contributed by atoms with Crippen LogP contribution in [0.25, 0.3) is 0 Å². The average molecular weight is 146 g/mol. The molecule has 58 valence electrons. The number of halogens is 2. The lowest BCUT2D eigenvalue weighted by molar-refractivity contribution is -0.0887. The summed E-state index contributed by atoms with van der Waals surface area (Å²) in [5.41, 5.74) is -0.499. The molecular formula is C8H12F2. The van der Waals surface area contributed by atoms with Gasteiger partial charge >= 0.3 is 0 Å². The molecule has 2 aliphatic rings. The van der Waals surface area contributed by atoms with Crippen molar-refractivity contribution in [3.8, 4) is 0 Å². The lowest BCUT2D eigenvalue weighted by atomic mass is 9.95. The summed E-state index contributed by atoms with van der Waals surface area (Å²) in [6.45, 7) is 3.23. The molecule has 2 saturated carbocycles. The van der Waals surface area contributed by atoms with Crippen molar-refractivity contribution in [2.75, 3.05) is 0 Å². The highest BCUT2D eigenvalue weighted by Gasteiger charge is 2.81. The molecule has 0 amide bonds. The largest absolute Gasteiger partial charge is 0.256 e. The Bertz CT molecular complexity index is 166. The van der Waals surface area contributed by atoms with E-state index in [4.69, 9.17) is 0 Å². The zero-order valence-electron chi connectivity index (χ0n) is 6.32. The lowest BCUT2D eigenvalue weighted by Crippen LogP contribution is -2.30. The Hall–Kier alpha value is -0.140. The van der Waals surface area contributed by atoms with Crippen LogP contribution < -0.4 is 0 Å². The van der Waals surface area contributed by atoms with Crippen molar-refractivity contribution >= 4 is 0 Å². The molecule has 0 radical (unpaired) electrons. The normalized spacial score (nSPS) is 43.5. The van der Waals surface area contributed by atoms with Crippen LogP contribution in [0.4, 0.5) is 8.78 Å². The van der Waals surface area contributed by atoms with Gasteiger partial charge in [-0.3, -0.25) is 0 Å². The van der Waals surface area contributed by atoms with Crippen molar-refractivity contribution in [3.05, 3.63) is 0 Å². The predicted molar refractivity (Wildman–Crippen MR) is 34.9 cm³/mol. The van der Waals surface area contributed by atoms with Gasteiger partial charge in [-0.1, -0.05) is 13.8 Å². The van der Waals surface area contributed by atoms with E-state index >= 15 is 0 Å². The van der Waals surface area contributed by atoms with E-state index < -0.39 is 17.3 Å². The molecular weight excluding hydrogens is 134 g/mol. The summed E-state index contributed by atoms with van der Waals surface area (Å²) < 4.78 is 26.3. The van der Waals surface area contributed by atoms with Crippen LogP contribution in [0.3, 0.4) is 0 Å². The summed E-state index contributed by atoms with van der Waals surface area (Å²) >= 11 is 0. The van der Waals surface area contributed by atoms with Gasteiger partial charge in [0.25, 0.3) is 5.92 Å². The van der Waals surface area contributed by atoms with Crippen molar-refractivity contribution in [1.82, 2.24) is 0 Å². The van der Waals surface area contributed by atoms with E-state index in [0.717, 1.165) is 12.8 Å². The van der Waals surface area contributed by atoms with Gasteiger partial charge in [-0.05, 0) is 18.8 Å². The lowest BCUT2D eigenvalue weighted by Gasteiger charge is -2.23. The van der Waals surface area contributed by atoms with E-state index in [2.05, 4.69) is 0 Å². The third kappa shape index (κ3) is 0.513. The Morgan fingerprint density at radius 2 is 1.80 bits per heavy atom. The second kappa shape index (κ2) is 1.39. The molecule has 0 spiro atoms. The topological polar surface area (TPSA) is 0 Å². The van der Waals surface area contributed by atoms with E-state index in [9.17, 15) is 8.78 Å². The second-order valence-electron chi connectivity index (χ2n) is 4.04. The zero-order chi connectivity index (χ0) is 7.57. The molecule has 2 heteroatoms. The third-order valence-electron chi connectivity index (χ3n) is 3.07. The van der Waals surface area contributed by atoms with Crippen LogP contribution in [0, 0.1) is 17.3 Å². The van der Waals surface area contributed by atoms with Gasteiger partial charge in [0, 0.05) is 11.3 Å². The second-order valence-corrected chi connectivity index (χ2v) is 4.04. The fraction of sp³-hybridized carbons (Fsp3) is 1.00. The minimum absolute atomic E-state index is 0.393. The van der Waals surface area contributed by atoms with Crippen LogP contribution in [0.15, 0.2) is 0 Å². The Morgan fingerprint density at radius 3 is 1.90 bits per heavy atom. The summed E-state index contributed by atoms with van der Waals surface area (Å²) in [5.74, 6) is -2.46. The van der Waals surface area contributed by atoms with Gasteiger partial charge in [-0.15, -0.1) is 0 Å². The van der Waals surface area contributed by atoms with Crippen LogP contribution in [0.5, 0.6) is 0 Å². The Morgan fingerprint density at radius 1 is 1.40 bits per heavy atom. The van der Waals surface area contributed by atoms with Gasteiger partial charge in [0.2, 0.25) is 0 Å². The Labute approximate surface area is 59.6 Å². The first-order valence-corrected chi connectivity index (χ1v) is 3.88. The molecule has 0 atom stereocenters. The molecule has 0 aliphatic heterocycles. The van der Waals surface area contributed by atoms with Crippen molar-refractivity contribution in [2.45, 2.75) is 32.6 Å². The van der Waals surface area contributed by atoms with Crippen molar-refractivity contribution in [1.29, 1.82) is 0 Å². The highest BCUT2D eigenvalue weighted by molar-refractivity contribution is 5.25. The summed E-state index contributed by atoms with van der Waals surface area (Å²) in [7, 11) is 0. The standard InChI is InChI=1S/C8H12F2/c1-5(2)8(9,10)7-3-6(7)4-7/h5-6H,3-4H2,1-2H3. The third-order valence-corrected chi connectivity index (χ3v) is 3.07. The van der Waals surface area contributed by atoms with Gasteiger partial charge < -0.3 is 0 Å². The summed E-state index contributed by atoms with van der Waals surface area (Å²) in [5, 5.41) is 0. The van der Waals surface area contributed by atoms with Gasteiger partial charge in [0.05, 0.1) is 0 Å². The number of hydrogen-bond acceptors (Lipinski definition) is 0. The molecule has 0 bridgehead atoms. The molecule has 0 saturated heterocycles. The zero-order valence-corrected chi connectivity index (χ0v) is 6.32. The van der Waals surface area contributed by atoms with Crippen molar-refractivity contribution < 1.29 is 8.78 Å². The minimum atomic E-state index is -2.38. The van der Waals surface area contributed by atoms with Crippen molar-refractivity contribution in [2.24, 2.45) is 17.3 Å². The average Bonchev–Trinajstić information content (AvgIpc) is 2.43. The van der Waals surface area contributed by atoms with Gasteiger partial charge in [-0.25, -0.2) is 8.78 Å². The van der Waals surface area contributed by atoms with Gasteiger partial charge in [0.15, 0.2) is 0 Å². The number of hydrogen-bond donors (Lipinski definition) is 0. The first-order valence-electron chi connectivity index (χ1n) is 3.88. The molecule has 2 rings (SSSR count). The first kappa shape index (κ1) is 6.56. The number of fused-ring (bicyclic) bond motifs is 1. The summed E-state index contributed by atoms with van der Waals surface area (Å²) in [4.78, 5) is 0. The monoisotopic (exact) mass is 146 g/mol. The molecule has 10 heavy (non-hydrogen) atoms. The molecule has 2 fully saturated rings. The molecule has 0 aromatic rings. The smallest absolute Gasteiger partial charge is 0.206 e. The van der Waals surface area contributed by atoms with Crippen LogP contribution in [-0.2, 0) is 0 Å². The maximum absolute atomic E-state index is 13.2. The molecule has 0 unspecified atom stereocenters. The van der Waals surface area contributed by atoms with Crippen LogP contribution >= 0.6 is 0 Å². The maximum Gasteiger partial charge on any atom is 0.256 e.